The number of hydrogen-bond donors (Lipinski definition) is 5. The predicted molar refractivity (Wildman–Crippen MR) is 110 cm³/mol. The lowest BCUT2D eigenvalue weighted by Crippen LogP contribution is -2.50. The van der Waals surface area contributed by atoms with Crippen molar-refractivity contribution < 1.29 is 18.4 Å². The number of carbonyl (C=O) groups excluding carboxylic acids is 2. The van der Waals surface area contributed by atoms with Gasteiger partial charge in [0.1, 0.15) is 23.5 Å². The number of carbonyl (C=O) groups is 2. The maximum Gasteiger partial charge on any atom is 0.242 e. The van der Waals surface area contributed by atoms with Crippen LogP contribution in [0.3, 0.4) is 0 Å². The smallest absolute Gasteiger partial charge is 0.242 e. The summed E-state index contributed by atoms with van der Waals surface area (Å²) in [7, 11) is 0. The number of hydrogen-bond acceptors (Lipinski definition) is 4. The summed E-state index contributed by atoms with van der Waals surface area (Å²) in [6.45, 7) is 1.77. The van der Waals surface area contributed by atoms with E-state index in [2.05, 4.69) is 10.6 Å². The number of nitrogens with one attached hydrogen (secondary N) is 3. The lowest BCUT2D eigenvalue weighted by Gasteiger charge is -2.17. The Kier molecular flexibility index (Phi) is 7.99. The molecule has 0 bridgehead atoms. The molecule has 2 amide bonds. The molecule has 0 saturated heterocycles. The molecule has 0 aliphatic rings. The van der Waals surface area contributed by atoms with E-state index in [1.165, 1.54) is 19.1 Å². The van der Waals surface area contributed by atoms with Crippen LogP contribution in [0.2, 0.25) is 0 Å². The van der Waals surface area contributed by atoms with Crippen LogP contribution in [0.15, 0.2) is 42.5 Å². The zero-order chi connectivity index (χ0) is 22.3. The predicted octanol–water partition coefficient (Wildman–Crippen LogP) is 1.33. The molecular formula is C21H25F2N5O2. The second-order valence-electron chi connectivity index (χ2n) is 6.98. The quantitative estimate of drug-likeness (QED) is 0.311. The molecule has 0 fully saturated rings. The first-order valence-electron chi connectivity index (χ1n) is 9.37. The fourth-order valence-corrected chi connectivity index (χ4v) is 2.74. The van der Waals surface area contributed by atoms with Gasteiger partial charge in [-0.05, 0) is 43.0 Å². The lowest BCUT2D eigenvalue weighted by atomic mass is 10.0. The van der Waals surface area contributed by atoms with Gasteiger partial charge in [-0.2, -0.15) is 0 Å². The SMILES string of the molecule is C[C@H](NC(=O)[C@H](N)CCc1cc(F)cc(F)c1)C(=O)NCc1ccc(C(=N)N)cc1. The molecule has 2 rings (SSSR count). The summed E-state index contributed by atoms with van der Waals surface area (Å²) in [6, 6.07) is 8.25. The molecule has 0 aromatic heterocycles. The van der Waals surface area contributed by atoms with Crippen molar-refractivity contribution >= 4 is 17.6 Å². The normalized spacial score (nSPS) is 12.7. The van der Waals surface area contributed by atoms with Crippen molar-refractivity contribution in [2.75, 3.05) is 0 Å². The minimum atomic E-state index is -0.925. The van der Waals surface area contributed by atoms with E-state index in [1.807, 2.05) is 0 Å². The molecule has 0 saturated carbocycles. The minimum absolute atomic E-state index is 0.0409. The molecule has 2 aromatic carbocycles. The van der Waals surface area contributed by atoms with Crippen molar-refractivity contribution in [1.82, 2.24) is 10.6 Å². The Morgan fingerprint density at radius 2 is 1.63 bits per heavy atom. The average Bonchev–Trinajstić information content (AvgIpc) is 2.69. The third kappa shape index (κ3) is 6.93. The number of amidine groups is 1. The molecule has 2 aromatic rings. The second-order valence-corrected chi connectivity index (χ2v) is 6.98. The Morgan fingerprint density at radius 3 is 2.20 bits per heavy atom. The molecule has 0 aliphatic carbocycles. The van der Waals surface area contributed by atoms with Gasteiger partial charge in [0.2, 0.25) is 11.8 Å². The summed E-state index contributed by atoms with van der Waals surface area (Å²) in [5.74, 6) is -2.34. The zero-order valence-corrected chi connectivity index (χ0v) is 16.5. The minimum Gasteiger partial charge on any atom is -0.384 e. The summed E-state index contributed by atoms with van der Waals surface area (Å²) in [5, 5.41) is 12.6. The van der Waals surface area contributed by atoms with Gasteiger partial charge in [-0.15, -0.1) is 0 Å². The van der Waals surface area contributed by atoms with Gasteiger partial charge in [-0.1, -0.05) is 24.3 Å². The maximum absolute atomic E-state index is 13.2. The van der Waals surface area contributed by atoms with Crippen LogP contribution in [0.1, 0.15) is 30.0 Å². The summed E-state index contributed by atoms with van der Waals surface area (Å²) < 4.78 is 26.4. The number of aryl methyl sites for hydroxylation is 1. The van der Waals surface area contributed by atoms with E-state index in [1.54, 1.807) is 24.3 Å². The number of nitrogens with two attached hydrogens (primary N) is 2. The molecular weight excluding hydrogens is 392 g/mol. The van der Waals surface area contributed by atoms with E-state index in [9.17, 15) is 18.4 Å². The van der Waals surface area contributed by atoms with Gasteiger partial charge in [0.05, 0.1) is 6.04 Å². The van der Waals surface area contributed by atoms with Crippen molar-refractivity contribution in [1.29, 1.82) is 5.41 Å². The summed E-state index contributed by atoms with van der Waals surface area (Å²) in [4.78, 5) is 24.4. The van der Waals surface area contributed by atoms with Crippen LogP contribution in [0.4, 0.5) is 8.78 Å². The summed E-state index contributed by atoms with van der Waals surface area (Å²) in [6.07, 6.45) is 0.395. The molecule has 0 aliphatic heterocycles. The molecule has 30 heavy (non-hydrogen) atoms. The van der Waals surface area contributed by atoms with Crippen LogP contribution < -0.4 is 22.1 Å². The molecule has 7 nitrogen and oxygen atoms in total. The van der Waals surface area contributed by atoms with E-state index in [0.717, 1.165) is 11.6 Å². The first-order valence-corrected chi connectivity index (χ1v) is 9.37. The van der Waals surface area contributed by atoms with Crippen molar-refractivity contribution in [2.24, 2.45) is 11.5 Å². The Balaban J connectivity index is 1.78. The van der Waals surface area contributed by atoms with E-state index in [4.69, 9.17) is 16.9 Å². The van der Waals surface area contributed by atoms with E-state index >= 15 is 0 Å². The molecule has 0 unspecified atom stereocenters. The Morgan fingerprint density at radius 1 is 1.03 bits per heavy atom. The Labute approximate surface area is 173 Å². The molecule has 7 N–H and O–H groups in total. The number of nitrogen functional groups attached to an aromatic ring is 1. The summed E-state index contributed by atoms with van der Waals surface area (Å²) >= 11 is 0. The zero-order valence-electron chi connectivity index (χ0n) is 16.5. The molecule has 0 heterocycles. The molecule has 0 spiro atoms. The maximum atomic E-state index is 13.2. The van der Waals surface area contributed by atoms with Crippen LogP contribution in [0.5, 0.6) is 0 Å². The summed E-state index contributed by atoms with van der Waals surface area (Å²) in [5.41, 5.74) is 13.0. The van der Waals surface area contributed by atoms with Gasteiger partial charge in [0, 0.05) is 18.2 Å². The monoisotopic (exact) mass is 417 g/mol. The topological polar surface area (TPSA) is 134 Å². The first-order chi connectivity index (χ1) is 14.2. The highest BCUT2D eigenvalue weighted by Gasteiger charge is 2.20. The van der Waals surface area contributed by atoms with E-state index < -0.39 is 35.5 Å². The fourth-order valence-electron chi connectivity index (χ4n) is 2.74. The van der Waals surface area contributed by atoms with Gasteiger partial charge in [-0.3, -0.25) is 15.0 Å². The second kappa shape index (κ2) is 10.4. The first kappa shape index (κ1) is 23.0. The highest BCUT2D eigenvalue weighted by molar-refractivity contribution is 5.94. The highest BCUT2D eigenvalue weighted by Crippen LogP contribution is 2.11. The standard InChI is InChI=1S/C21H25F2N5O2/c1-12(20(29)27-11-13-2-5-15(6-3-13)19(25)26)28-21(30)18(24)7-4-14-8-16(22)10-17(23)9-14/h2-3,5-6,8-10,12,18H,4,7,11,24H2,1H3,(H3,25,26)(H,27,29)(H,28,30)/t12-,18+/m0/s1. The van der Waals surface area contributed by atoms with Gasteiger partial charge >= 0.3 is 0 Å². The van der Waals surface area contributed by atoms with Crippen molar-refractivity contribution in [3.63, 3.8) is 0 Å². The van der Waals surface area contributed by atoms with Gasteiger partial charge < -0.3 is 22.1 Å². The number of amides is 2. The lowest BCUT2D eigenvalue weighted by molar-refractivity contribution is -0.129. The van der Waals surface area contributed by atoms with E-state index in [-0.39, 0.29) is 25.2 Å². The molecule has 9 heteroatoms. The van der Waals surface area contributed by atoms with Crippen molar-refractivity contribution in [2.45, 2.75) is 38.4 Å². The van der Waals surface area contributed by atoms with Crippen LogP contribution >= 0.6 is 0 Å². The van der Waals surface area contributed by atoms with Gasteiger partial charge in [0.25, 0.3) is 0 Å². The van der Waals surface area contributed by atoms with E-state index in [0.29, 0.717) is 11.1 Å². The molecule has 2 atom stereocenters. The van der Waals surface area contributed by atoms with Gasteiger partial charge in [-0.25, -0.2) is 8.78 Å². The molecule has 0 radical (unpaired) electrons. The number of rotatable bonds is 9. The number of halogens is 2. The third-order valence-corrected chi connectivity index (χ3v) is 4.49. The largest absolute Gasteiger partial charge is 0.384 e. The van der Waals surface area contributed by atoms with Crippen molar-refractivity contribution in [3.05, 3.63) is 70.8 Å². The van der Waals surface area contributed by atoms with Crippen LogP contribution in [-0.4, -0.2) is 29.7 Å². The van der Waals surface area contributed by atoms with Gasteiger partial charge in [0.15, 0.2) is 0 Å². The molecule has 160 valence electrons. The van der Waals surface area contributed by atoms with Crippen LogP contribution in [0.25, 0.3) is 0 Å². The fraction of sp³-hybridized carbons (Fsp3) is 0.286. The Bertz CT molecular complexity index is 898. The average molecular weight is 417 g/mol. The van der Waals surface area contributed by atoms with Crippen LogP contribution in [0, 0.1) is 17.0 Å². The third-order valence-electron chi connectivity index (χ3n) is 4.49. The number of benzene rings is 2. The van der Waals surface area contributed by atoms with Crippen LogP contribution in [-0.2, 0) is 22.6 Å². The van der Waals surface area contributed by atoms with Crippen molar-refractivity contribution in [3.8, 4) is 0 Å². The highest BCUT2D eigenvalue weighted by atomic mass is 19.1. The Hall–Kier alpha value is -3.33.